The second-order valence-corrected chi connectivity index (χ2v) is 7.59. The van der Waals surface area contributed by atoms with Gasteiger partial charge in [0.05, 0.1) is 18.2 Å². The quantitative estimate of drug-likeness (QED) is 0.639. The van der Waals surface area contributed by atoms with Crippen molar-refractivity contribution in [2.75, 3.05) is 25.5 Å². The van der Waals surface area contributed by atoms with E-state index < -0.39 is 0 Å². The second kappa shape index (κ2) is 8.17. The maximum absolute atomic E-state index is 13.9. The molecule has 0 spiro atoms. The molecule has 0 aliphatic carbocycles. The van der Waals surface area contributed by atoms with Crippen molar-refractivity contribution in [2.24, 2.45) is 0 Å². The molecule has 0 bridgehead atoms. The Labute approximate surface area is 173 Å². The van der Waals surface area contributed by atoms with Crippen LogP contribution in [-0.2, 0) is 11.2 Å². The zero-order chi connectivity index (χ0) is 21.3. The van der Waals surface area contributed by atoms with Crippen molar-refractivity contribution in [3.05, 3.63) is 53.4 Å². The summed E-state index contributed by atoms with van der Waals surface area (Å²) >= 11 is 0. The first kappa shape index (κ1) is 19.9. The maximum atomic E-state index is 13.9. The van der Waals surface area contributed by atoms with Crippen molar-refractivity contribution < 1.29 is 13.8 Å². The Hall–Kier alpha value is -3.36. The number of anilines is 1. The standard InChI is InChI=1S/C21H23FN6O2/c1-13-17(26-30-25-13)11-19(29)28-9-5-8-18(28)20-16(12-23-21(24-20)27(2)3)14-6-4-7-15(22)10-14/h4,6-7,10,12,18H,5,8-9,11H2,1-3H3. The number of carbonyl (C=O) groups excluding carboxylic acids is 1. The summed E-state index contributed by atoms with van der Waals surface area (Å²) in [5.74, 6) is 0.149. The molecule has 9 heteroatoms. The number of aromatic nitrogens is 4. The van der Waals surface area contributed by atoms with Gasteiger partial charge in [0.2, 0.25) is 11.9 Å². The number of halogens is 1. The van der Waals surface area contributed by atoms with E-state index >= 15 is 0 Å². The highest BCUT2D eigenvalue weighted by atomic mass is 19.1. The summed E-state index contributed by atoms with van der Waals surface area (Å²) in [6.45, 7) is 2.38. The number of carbonyl (C=O) groups is 1. The van der Waals surface area contributed by atoms with E-state index in [4.69, 9.17) is 9.61 Å². The molecule has 30 heavy (non-hydrogen) atoms. The van der Waals surface area contributed by atoms with Crippen molar-refractivity contribution in [1.29, 1.82) is 0 Å². The van der Waals surface area contributed by atoms with Gasteiger partial charge in [0, 0.05) is 32.4 Å². The monoisotopic (exact) mass is 410 g/mol. The van der Waals surface area contributed by atoms with Crippen LogP contribution in [0.25, 0.3) is 11.1 Å². The lowest BCUT2D eigenvalue weighted by Crippen LogP contribution is -2.33. The summed E-state index contributed by atoms with van der Waals surface area (Å²) in [7, 11) is 3.72. The summed E-state index contributed by atoms with van der Waals surface area (Å²) in [4.78, 5) is 25.9. The van der Waals surface area contributed by atoms with E-state index in [0.29, 0.717) is 29.4 Å². The van der Waals surface area contributed by atoms with Crippen LogP contribution >= 0.6 is 0 Å². The van der Waals surface area contributed by atoms with Gasteiger partial charge >= 0.3 is 0 Å². The van der Waals surface area contributed by atoms with Gasteiger partial charge in [0.15, 0.2) is 0 Å². The van der Waals surface area contributed by atoms with Gasteiger partial charge in [0.25, 0.3) is 0 Å². The van der Waals surface area contributed by atoms with Gasteiger partial charge in [-0.3, -0.25) is 4.79 Å². The van der Waals surface area contributed by atoms with Crippen LogP contribution in [0.4, 0.5) is 10.3 Å². The lowest BCUT2D eigenvalue weighted by atomic mass is 9.99. The van der Waals surface area contributed by atoms with Gasteiger partial charge in [-0.2, -0.15) is 0 Å². The zero-order valence-electron chi connectivity index (χ0n) is 17.2. The Balaban J connectivity index is 1.72. The minimum atomic E-state index is -0.330. The van der Waals surface area contributed by atoms with Crippen LogP contribution in [0, 0.1) is 12.7 Å². The van der Waals surface area contributed by atoms with E-state index in [1.54, 1.807) is 19.2 Å². The van der Waals surface area contributed by atoms with E-state index in [1.165, 1.54) is 12.1 Å². The highest BCUT2D eigenvalue weighted by Crippen LogP contribution is 2.37. The molecule has 156 valence electrons. The van der Waals surface area contributed by atoms with Crippen molar-refractivity contribution in [2.45, 2.75) is 32.2 Å². The second-order valence-electron chi connectivity index (χ2n) is 7.59. The molecule has 1 amide bonds. The molecule has 4 rings (SSSR count). The number of benzene rings is 1. The number of aryl methyl sites for hydroxylation is 1. The lowest BCUT2D eigenvalue weighted by Gasteiger charge is -2.26. The van der Waals surface area contributed by atoms with Crippen LogP contribution in [0.15, 0.2) is 35.1 Å². The molecule has 1 unspecified atom stereocenters. The van der Waals surface area contributed by atoms with E-state index in [1.807, 2.05) is 30.0 Å². The maximum Gasteiger partial charge on any atom is 0.229 e. The third-order valence-electron chi connectivity index (χ3n) is 5.30. The van der Waals surface area contributed by atoms with Crippen molar-refractivity contribution in [3.63, 3.8) is 0 Å². The van der Waals surface area contributed by atoms with E-state index in [2.05, 4.69) is 15.3 Å². The Morgan fingerprint density at radius 3 is 2.87 bits per heavy atom. The van der Waals surface area contributed by atoms with E-state index in [0.717, 1.165) is 24.1 Å². The normalized spacial score (nSPS) is 16.1. The number of amides is 1. The van der Waals surface area contributed by atoms with Gasteiger partial charge in [-0.05, 0) is 37.5 Å². The fourth-order valence-electron chi connectivity index (χ4n) is 3.74. The van der Waals surface area contributed by atoms with Gasteiger partial charge in [-0.1, -0.05) is 22.4 Å². The Morgan fingerprint density at radius 2 is 2.17 bits per heavy atom. The average molecular weight is 410 g/mol. The predicted octanol–water partition coefficient (Wildman–Crippen LogP) is 2.95. The third kappa shape index (κ3) is 3.87. The molecule has 8 nitrogen and oxygen atoms in total. The van der Waals surface area contributed by atoms with Gasteiger partial charge in [-0.25, -0.2) is 19.0 Å². The first-order valence-corrected chi connectivity index (χ1v) is 9.81. The Morgan fingerprint density at radius 1 is 1.33 bits per heavy atom. The fraction of sp³-hybridized carbons (Fsp3) is 0.381. The number of likely N-dealkylation sites (tertiary alicyclic amines) is 1. The summed E-state index contributed by atoms with van der Waals surface area (Å²) in [6, 6.07) is 6.12. The average Bonchev–Trinajstić information content (AvgIpc) is 3.37. The zero-order valence-corrected chi connectivity index (χ0v) is 17.2. The molecular formula is C21H23FN6O2. The van der Waals surface area contributed by atoms with Crippen LogP contribution in [0.2, 0.25) is 0 Å². The minimum absolute atomic E-state index is 0.0634. The summed E-state index contributed by atoms with van der Waals surface area (Å²) < 4.78 is 18.6. The number of nitrogens with zero attached hydrogens (tertiary/aromatic N) is 6. The minimum Gasteiger partial charge on any atom is -0.347 e. The Kier molecular flexibility index (Phi) is 5.43. The van der Waals surface area contributed by atoms with Crippen molar-refractivity contribution >= 4 is 11.9 Å². The van der Waals surface area contributed by atoms with Crippen LogP contribution in [0.1, 0.15) is 36.0 Å². The van der Waals surface area contributed by atoms with E-state index in [9.17, 15) is 9.18 Å². The highest BCUT2D eigenvalue weighted by molar-refractivity contribution is 5.80. The van der Waals surface area contributed by atoms with Crippen LogP contribution < -0.4 is 4.90 Å². The van der Waals surface area contributed by atoms with Crippen LogP contribution in [-0.4, -0.2) is 51.7 Å². The smallest absolute Gasteiger partial charge is 0.229 e. The number of hydrogen-bond donors (Lipinski definition) is 0. The van der Waals surface area contributed by atoms with Crippen LogP contribution in [0.5, 0.6) is 0 Å². The number of hydrogen-bond acceptors (Lipinski definition) is 7. The fourth-order valence-corrected chi connectivity index (χ4v) is 3.74. The molecule has 1 aliphatic rings. The molecule has 3 heterocycles. The largest absolute Gasteiger partial charge is 0.347 e. The Bertz CT molecular complexity index is 1070. The third-order valence-corrected chi connectivity index (χ3v) is 5.30. The highest BCUT2D eigenvalue weighted by Gasteiger charge is 2.34. The molecule has 1 fully saturated rings. The van der Waals surface area contributed by atoms with Crippen LogP contribution in [0.3, 0.4) is 0 Å². The molecule has 0 N–H and O–H groups in total. The first-order valence-electron chi connectivity index (χ1n) is 9.81. The van der Waals surface area contributed by atoms with Gasteiger partial charge in [0.1, 0.15) is 17.2 Å². The van der Waals surface area contributed by atoms with Gasteiger partial charge in [-0.15, -0.1) is 0 Å². The lowest BCUT2D eigenvalue weighted by molar-refractivity contribution is -0.131. The first-order chi connectivity index (χ1) is 14.4. The molecule has 1 aromatic carbocycles. The molecule has 0 saturated carbocycles. The van der Waals surface area contributed by atoms with Crippen molar-refractivity contribution in [1.82, 2.24) is 25.2 Å². The SMILES string of the molecule is Cc1nonc1CC(=O)N1CCCC1c1nc(N(C)C)ncc1-c1cccc(F)c1. The van der Waals surface area contributed by atoms with E-state index in [-0.39, 0.29) is 24.2 Å². The van der Waals surface area contributed by atoms with Crippen molar-refractivity contribution in [3.8, 4) is 11.1 Å². The number of rotatable bonds is 5. The molecule has 2 aromatic heterocycles. The molecule has 1 saturated heterocycles. The molecule has 1 aliphatic heterocycles. The molecule has 0 radical (unpaired) electrons. The van der Waals surface area contributed by atoms with Gasteiger partial charge < -0.3 is 9.80 Å². The summed E-state index contributed by atoms with van der Waals surface area (Å²) in [5, 5.41) is 7.58. The summed E-state index contributed by atoms with van der Waals surface area (Å²) in [6.07, 6.45) is 3.45. The molecule has 1 atom stereocenters. The summed E-state index contributed by atoms with van der Waals surface area (Å²) in [5.41, 5.74) is 3.28. The predicted molar refractivity (Wildman–Crippen MR) is 108 cm³/mol. The topological polar surface area (TPSA) is 88.2 Å². The molecular weight excluding hydrogens is 387 g/mol. The molecule has 3 aromatic rings.